The third-order valence-electron chi connectivity index (χ3n) is 3.85. The maximum absolute atomic E-state index is 12.3. The van der Waals surface area contributed by atoms with Crippen LogP contribution in [0.25, 0.3) is 0 Å². The number of halogens is 2. The first kappa shape index (κ1) is 16.8. The highest BCUT2D eigenvalue weighted by molar-refractivity contribution is 6.35. The van der Waals surface area contributed by atoms with Gasteiger partial charge in [-0.1, -0.05) is 35.3 Å². The van der Waals surface area contributed by atoms with Crippen LogP contribution in [0.3, 0.4) is 0 Å². The van der Waals surface area contributed by atoms with E-state index in [0.29, 0.717) is 34.3 Å². The lowest BCUT2D eigenvalue weighted by Crippen LogP contribution is -2.23. The van der Waals surface area contributed by atoms with Gasteiger partial charge in [0, 0.05) is 40.8 Å². The first-order valence-electron chi connectivity index (χ1n) is 7.65. The molecule has 0 unspecified atom stereocenters. The van der Waals surface area contributed by atoms with Crippen molar-refractivity contribution in [3.63, 3.8) is 0 Å². The van der Waals surface area contributed by atoms with Crippen molar-refractivity contribution in [2.24, 2.45) is 0 Å². The van der Waals surface area contributed by atoms with Gasteiger partial charge in [-0.15, -0.1) is 0 Å². The fraction of sp³-hybridized carbons (Fsp3) is 0.222. The van der Waals surface area contributed by atoms with Gasteiger partial charge in [-0.2, -0.15) is 0 Å². The van der Waals surface area contributed by atoms with Crippen molar-refractivity contribution in [1.29, 1.82) is 0 Å². The average molecular weight is 363 g/mol. The van der Waals surface area contributed by atoms with Gasteiger partial charge in [0.15, 0.2) is 0 Å². The Labute approximate surface area is 150 Å². The molecule has 2 amide bonds. The van der Waals surface area contributed by atoms with E-state index in [1.807, 2.05) is 23.1 Å². The van der Waals surface area contributed by atoms with Gasteiger partial charge in [0.1, 0.15) is 0 Å². The Kier molecular flexibility index (Phi) is 5.07. The summed E-state index contributed by atoms with van der Waals surface area (Å²) < 4.78 is 0. The van der Waals surface area contributed by atoms with Gasteiger partial charge in [0.05, 0.1) is 0 Å². The molecule has 0 aliphatic carbocycles. The number of anilines is 1. The molecule has 1 aliphatic heterocycles. The Balaban J connectivity index is 1.72. The molecule has 1 fully saturated rings. The molecule has 1 heterocycles. The molecule has 0 atom stereocenters. The molecule has 1 N–H and O–H groups in total. The van der Waals surface area contributed by atoms with Crippen LogP contribution in [0.4, 0.5) is 5.69 Å². The molecule has 1 aliphatic rings. The number of carbonyl (C=O) groups excluding carboxylic acids is 2. The number of likely N-dealkylation sites (tertiary alicyclic amines) is 1. The van der Waals surface area contributed by atoms with Crippen molar-refractivity contribution in [2.75, 3.05) is 11.9 Å². The number of nitrogens with zero attached hydrogens (tertiary/aromatic N) is 1. The third kappa shape index (κ3) is 4.08. The number of carbonyl (C=O) groups is 2. The SMILES string of the molecule is O=C(Nc1cccc(CN2CCCC2=O)c1)c1cc(Cl)cc(Cl)c1. The molecule has 0 bridgehead atoms. The normalized spacial score (nSPS) is 14.1. The summed E-state index contributed by atoms with van der Waals surface area (Å²) in [6.07, 6.45) is 1.52. The van der Waals surface area contributed by atoms with Crippen molar-refractivity contribution >= 4 is 40.7 Å². The zero-order valence-corrected chi connectivity index (χ0v) is 14.4. The minimum Gasteiger partial charge on any atom is -0.338 e. The zero-order valence-electron chi connectivity index (χ0n) is 12.9. The molecule has 0 radical (unpaired) electrons. The highest BCUT2D eigenvalue weighted by atomic mass is 35.5. The lowest BCUT2D eigenvalue weighted by atomic mass is 10.1. The van der Waals surface area contributed by atoms with E-state index in [2.05, 4.69) is 5.32 Å². The predicted octanol–water partition coefficient (Wildman–Crippen LogP) is 4.37. The van der Waals surface area contributed by atoms with E-state index >= 15 is 0 Å². The summed E-state index contributed by atoms with van der Waals surface area (Å²) in [5.41, 5.74) is 2.04. The maximum atomic E-state index is 12.3. The quantitative estimate of drug-likeness (QED) is 0.877. The number of hydrogen-bond donors (Lipinski definition) is 1. The Morgan fingerprint density at radius 2 is 1.88 bits per heavy atom. The highest BCUT2D eigenvalue weighted by Gasteiger charge is 2.20. The molecule has 2 aromatic rings. The second kappa shape index (κ2) is 7.24. The predicted molar refractivity (Wildman–Crippen MR) is 95.5 cm³/mol. The number of hydrogen-bond acceptors (Lipinski definition) is 2. The summed E-state index contributed by atoms with van der Waals surface area (Å²) in [5, 5.41) is 3.65. The van der Waals surface area contributed by atoms with Crippen LogP contribution >= 0.6 is 23.2 Å². The van der Waals surface area contributed by atoms with E-state index in [4.69, 9.17) is 23.2 Å². The van der Waals surface area contributed by atoms with Gasteiger partial charge in [-0.05, 0) is 42.3 Å². The molecule has 1 saturated heterocycles. The van der Waals surface area contributed by atoms with Crippen LogP contribution < -0.4 is 5.32 Å². The first-order chi connectivity index (χ1) is 11.5. The van der Waals surface area contributed by atoms with Crippen LogP contribution in [0.5, 0.6) is 0 Å². The van der Waals surface area contributed by atoms with E-state index in [-0.39, 0.29) is 11.8 Å². The first-order valence-corrected chi connectivity index (χ1v) is 8.41. The van der Waals surface area contributed by atoms with Crippen LogP contribution in [-0.2, 0) is 11.3 Å². The average Bonchev–Trinajstić information content (AvgIpc) is 2.92. The van der Waals surface area contributed by atoms with E-state index in [0.717, 1.165) is 18.5 Å². The second-order valence-corrected chi connectivity index (χ2v) is 6.60. The fourth-order valence-electron chi connectivity index (χ4n) is 2.73. The number of amides is 2. The van der Waals surface area contributed by atoms with E-state index in [9.17, 15) is 9.59 Å². The molecule has 24 heavy (non-hydrogen) atoms. The summed E-state index contributed by atoms with van der Waals surface area (Å²) in [4.78, 5) is 25.9. The summed E-state index contributed by atoms with van der Waals surface area (Å²) >= 11 is 11.9. The lowest BCUT2D eigenvalue weighted by molar-refractivity contribution is -0.128. The Morgan fingerprint density at radius 3 is 2.54 bits per heavy atom. The summed E-state index contributed by atoms with van der Waals surface area (Å²) in [6, 6.07) is 12.2. The van der Waals surface area contributed by atoms with E-state index in [1.165, 1.54) is 0 Å². The van der Waals surface area contributed by atoms with Gasteiger partial charge >= 0.3 is 0 Å². The molecule has 0 spiro atoms. The standard InChI is InChI=1S/C18H16Cl2N2O2/c19-14-8-13(9-15(20)10-14)18(24)21-16-4-1-3-12(7-16)11-22-6-2-5-17(22)23/h1,3-4,7-10H,2,5-6,11H2,(H,21,24). The van der Waals surface area contributed by atoms with Gasteiger partial charge < -0.3 is 10.2 Å². The third-order valence-corrected chi connectivity index (χ3v) is 4.29. The van der Waals surface area contributed by atoms with Crippen molar-refractivity contribution in [1.82, 2.24) is 4.90 Å². The van der Waals surface area contributed by atoms with Crippen LogP contribution in [0.2, 0.25) is 10.0 Å². The Hall–Kier alpha value is -2.04. The molecule has 4 nitrogen and oxygen atoms in total. The van der Waals surface area contributed by atoms with E-state index in [1.54, 1.807) is 24.3 Å². The molecule has 124 valence electrons. The van der Waals surface area contributed by atoms with Crippen molar-refractivity contribution in [2.45, 2.75) is 19.4 Å². The largest absolute Gasteiger partial charge is 0.338 e. The molecular weight excluding hydrogens is 347 g/mol. The molecular formula is C18H16Cl2N2O2. The summed E-state index contributed by atoms with van der Waals surface area (Å²) in [6.45, 7) is 1.35. The summed E-state index contributed by atoms with van der Waals surface area (Å²) in [5.74, 6) is -0.105. The van der Waals surface area contributed by atoms with Gasteiger partial charge in [0.2, 0.25) is 5.91 Å². The molecule has 0 aromatic heterocycles. The van der Waals surface area contributed by atoms with Crippen LogP contribution in [-0.4, -0.2) is 23.3 Å². The van der Waals surface area contributed by atoms with E-state index < -0.39 is 0 Å². The lowest BCUT2D eigenvalue weighted by Gasteiger charge is -2.16. The van der Waals surface area contributed by atoms with Crippen molar-refractivity contribution in [3.05, 3.63) is 63.6 Å². The minimum absolute atomic E-state index is 0.179. The topological polar surface area (TPSA) is 49.4 Å². The van der Waals surface area contributed by atoms with Gasteiger partial charge in [0.25, 0.3) is 5.91 Å². The maximum Gasteiger partial charge on any atom is 0.255 e. The van der Waals surface area contributed by atoms with Crippen molar-refractivity contribution in [3.8, 4) is 0 Å². The zero-order chi connectivity index (χ0) is 17.1. The van der Waals surface area contributed by atoms with Gasteiger partial charge in [-0.25, -0.2) is 0 Å². The molecule has 0 saturated carbocycles. The fourth-order valence-corrected chi connectivity index (χ4v) is 3.25. The molecule has 2 aromatic carbocycles. The summed E-state index contributed by atoms with van der Waals surface area (Å²) in [7, 11) is 0. The van der Waals surface area contributed by atoms with Crippen molar-refractivity contribution < 1.29 is 9.59 Å². The number of benzene rings is 2. The molecule has 3 rings (SSSR count). The van der Waals surface area contributed by atoms with Crippen LogP contribution in [0.15, 0.2) is 42.5 Å². The smallest absolute Gasteiger partial charge is 0.255 e. The minimum atomic E-state index is -0.284. The van der Waals surface area contributed by atoms with Crippen LogP contribution in [0, 0.1) is 0 Å². The number of rotatable bonds is 4. The monoisotopic (exact) mass is 362 g/mol. The second-order valence-electron chi connectivity index (χ2n) is 5.73. The highest BCUT2D eigenvalue weighted by Crippen LogP contribution is 2.21. The van der Waals surface area contributed by atoms with Crippen LogP contribution in [0.1, 0.15) is 28.8 Å². The number of nitrogens with one attached hydrogen (secondary N) is 1. The Morgan fingerprint density at radius 1 is 1.12 bits per heavy atom. The van der Waals surface area contributed by atoms with Gasteiger partial charge in [-0.3, -0.25) is 9.59 Å². The molecule has 6 heteroatoms. The Bertz CT molecular complexity index is 772.